The summed E-state index contributed by atoms with van der Waals surface area (Å²) in [5.41, 5.74) is 3.85. The molecule has 27 heavy (non-hydrogen) atoms. The van der Waals surface area contributed by atoms with Gasteiger partial charge in [0.25, 0.3) is 0 Å². The first-order chi connectivity index (χ1) is 13.0. The fourth-order valence-corrected chi connectivity index (χ4v) is 3.72. The molecule has 2 aromatic carbocycles. The van der Waals surface area contributed by atoms with Crippen LogP contribution in [0.5, 0.6) is 0 Å². The van der Waals surface area contributed by atoms with Crippen molar-refractivity contribution in [3.8, 4) is 11.1 Å². The molecule has 4 rings (SSSR count). The summed E-state index contributed by atoms with van der Waals surface area (Å²) in [7, 11) is 0. The Bertz CT molecular complexity index is 1160. The van der Waals surface area contributed by atoms with Crippen molar-refractivity contribution < 1.29 is 0 Å². The summed E-state index contributed by atoms with van der Waals surface area (Å²) in [5, 5.41) is 4.47. The Morgan fingerprint density at radius 3 is 2.44 bits per heavy atom. The lowest BCUT2D eigenvalue weighted by Gasteiger charge is -2.14. The summed E-state index contributed by atoms with van der Waals surface area (Å²) in [6.45, 7) is 1.84. The molecule has 0 unspecified atom stereocenters. The predicted octanol–water partition coefficient (Wildman–Crippen LogP) is 6.81. The van der Waals surface area contributed by atoms with Gasteiger partial charge in [0.2, 0.25) is 0 Å². The molecule has 0 radical (unpaired) electrons. The first-order valence-electron chi connectivity index (χ1n) is 8.14. The minimum atomic E-state index is 0.554. The van der Waals surface area contributed by atoms with Gasteiger partial charge in [-0.1, -0.05) is 47.5 Å². The minimum Gasteiger partial charge on any atom is -0.337 e. The summed E-state index contributed by atoms with van der Waals surface area (Å²) in [6.07, 6.45) is 1.71. The third-order valence-corrected chi connectivity index (χ3v) is 5.76. The average molecular weight is 460 g/mol. The lowest BCUT2D eigenvalue weighted by Crippen LogP contribution is -2.01. The number of aryl methyl sites for hydroxylation is 1. The van der Waals surface area contributed by atoms with E-state index in [4.69, 9.17) is 23.2 Å². The highest BCUT2D eigenvalue weighted by atomic mass is 79.9. The smallest absolute Gasteiger partial charge is 0.160 e. The van der Waals surface area contributed by atoms with E-state index in [1.54, 1.807) is 6.20 Å². The van der Waals surface area contributed by atoms with Crippen molar-refractivity contribution >= 4 is 61.7 Å². The molecule has 2 aromatic heterocycles. The second kappa shape index (κ2) is 7.43. The molecule has 4 aromatic rings. The number of halogens is 3. The van der Waals surface area contributed by atoms with Gasteiger partial charge in [-0.05, 0) is 47.1 Å². The van der Waals surface area contributed by atoms with E-state index in [-0.39, 0.29) is 0 Å². The van der Waals surface area contributed by atoms with E-state index in [0.29, 0.717) is 27.2 Å². The molecule has 0 saturated heterocycles. The highest BCUT2D eigenvalue weighted by Gasteiger charge is 2.14. The molecule has 0 atom stereocenters. The van der Waals surface area contributed by atoms with Crippen molar-refractivity contribution in [1.82, 2.24) is 15.0 Å². The zero-order chi connectivity index (χ0) is 19.0. The molecule has 0 bridgehead atoms. The van der Waals surface area contributed by atoms with Gasteiger partial charge in [0.1, 0.15) is 11.3 Å². The number of aromatic nitrogens is 3. The fraction of sp³-hybridized carbons (Fsp3) is 0.0500. The maximum atomic E-state index is 6.71. The van der Waals surface area contributed by atoms with E-state index in [1.807, 2.05) is 55.5 Å². The normalized spacial score (nSPS) is 11.0. The molecular weight excluding hydrogens is 447 g/mol. The van der Waals surface area contributed by atoms with Crippen LogP contribution in [0.3, 0.4) is 0 Å². The van der Waals surface area contributed by atoms with E-state index >= 15 is 0 Å². The van der Waals surface area contributed by atoms with Crippen molar-refractivity contribution in [3.05, 3.63) is 75.1 Å². The Hall–Kier alpha value is -2.21. The molecule has 7 heteroatoms. The molecule has 4 nitrogen and oxygen atoms in total. The van der Waals surface area contributed by atoms with Gasteiger partial charge in [-0.25, -0.2) is 9.97 Å². The van der Waals surface area contributed by atoms with Crippen LogP contribution in [0.2, 0.25) is 10.0 Å². The molecule has 0 fully saturated rings. The van der Waals surface area contributed by atoms with Crippen molar-refractivity contribution in [1.29, 1.82) is 0 Å². The Kier molecular flexibility index (Phi) is 5.00. The van der Waals surface area contributed by atoms with Crippen molar-refractivity contribution in [2.24, 2.45) is 0 Å². The number of rotatable bonds is 3. The maximum absolute atomic E-state index is 6.71. The van der Waals surface area contributed by atoms with Crippen LogP contribution in [0.4, 0.5) is 11.5 Å². The standard InChI is InChI=1S/C20H13BrCl2N4/c1-11-25-16-9-4-10-24-19(16)20(26-11)27-15-8-3-6-13(18(15)23)12-5-2-7-14(21)17(12)22/h2-10H,1H3,(H,25,26,27). The number of fused-ring (bicyclic) bond motifs is 1. The molecule has 1 N–H and O–H groups in total. The number of nitrogens with one attached hydrogen (secondary N) is 1. The molecule has 0 spiro atoms. The number of pyridine rings is 1. The molecule has 0 aliphatic carbocycles. The molecule has 0 amide bonds. The lowest BCUT2D eigenvalue weighted by molar-refractivity contribution is 1.08. The second-order valence-corrected chi connectivity index (χ2v) is 7.49. The second-order valence-electron chi connectivity index (χ2n) is 5.88. The highest BCUT2D eigenvalue weighted by molar-refractivity contribution is 9.10. The highest BCUT2D eigenvalue weighted by Crippen LogP contribution is 2.40. The monoisotopic (exact) mass is 458 g/mol. The van der Waals surface area contributed by atoms with Gasteiger partial charge in [0.15, 0.2) is 5.82 Å². The van der Waals surface area contributed by atoms with E-state index < -0.39 is 0 Å². The zero-order valence-corrected chi connectivity index (χ0v) is 17.3. The molecular formula is C20H13BrCl2N4. The third kappa shape index (κ3) is 3.50. The molecule has 134 valence electrons. The molecule has 0 saturated carbocycles. The number of hydrogen-bond acceptors (Lipinski definition) is 4. The van der Waals surface area contributed by atoms with E-state index in [0.717, 1.165) is 26.8 Å². The van der Waals surface area contributed by atoms with Crippen LogP contribution in [0.15, 0.2) is 59.2 Å². The summed E-state index contributed by atoms with van der Waals surface area (Å²) in [5.74, 6) is 1.26. The zero-order valence-electron chi connectivity index (χ0n) is 14.2. The van der Waals surface area contributed by atoms with E-state index in [2.05, 4.69) is 36.2 Å². The van der Waals surface area contributed by atoms with Crippen LogP contribution in [-0.4, -0.2) is 15.0 Å². The van der Waals surface area contributed by atoms with Crippen molar-refractivity contribution in [2.45, 2.75) is 6.92 Å². The number of nitrogens with zero attached hydrogens (tertiary/aromatic N) is 3. The first-order valence-corrected chi connectivity index (χ1v) is 9.69. The third-order valence-electron chi connectivity index (χ3n) is 4.06. The summed E-state index contributed by atoms with van der Waals surface area (Å²) in [4.78, 5) is 13.3. The van der Waals surface area contributed by atoms with Crippen molar-refractivity contribution in [3.63, 3.8) is 0 Å². The predicted molar refractivity (Wildman–Crippen MR) is 115 cm³/mol. The van der Waals surface area contributed by atoms with E-state index in [1.165, 1.54) is 0 Å². The van der Waals surface area contributed by atoms with Gasteiger partial charge < -0.3 is 5.32 Å². The van der Waals surface area contributed by atoms with Gasteiger partial charge in [0.05, 0.1) is 21.2 Å². The van der Waals surface area contributed by atoms with Gasteiger partial charge in [-0.3, -0.25) is 4.98 Å². The van der Waals surface area contributed by atoms with Crippen molar-refractivity contribution in [2.75, 3.05) is 5.32 Å². The molecule has 0 aliphatic heterocycles. The van der Waals surface area contributed by atoms with Crippen LogP contribution in [0.25, 0.3) is 22.2 Å². The number of hydrogen-bond donors (Lipinski definition) is 1. The largest absolute Gasteiger partial charge is 0.337 e. The number of benzene rings is 2. The maximum Gasteiger partial charge on any atom is 0.160 e. The SMILES string of the molecule is Cc1nc(Nc2cccc(-c3cccc(Br)c3Cl)c2Cl)c2ncccc2n1. The first kappa shape index (κ1) is 18.2. The van der Waals surface area contributed by atoms with Crippen LogP contribution >= 0.6 is 39.1 Å². The summed E-state index contributed by atoms with van der Waals surface area (Å²) in [6, 6.07) is 15.3. The quantitative estimate of drug-likeness (QED) is 0.365. The van der Waals surface area contributed by atoms with Crippen LogP contribution in [0, 0.1) is 6.92 Å². The Morgan fingerprint density at radius 2 is 1.63 bits per heavy atom. The Balaban J connectivity index is 1.82. The minimum absolute atomic E-state index is 0.554. The van der Waals surface area contributed by atoms with Crippen LogP contribution in [0.1, 0.15) is 5.82 Å². The summed E-state index contributed by atoms with van der Waals surface area (Å²) >= 11 is 16.6. The fourth-order valence-electron chi connectivity index (χ4n) is 2.85. The van der Waals surface area contributed by atoms with E-state index in [9.17, 15) is 0 Å². The van der Waals surface area contributed by atoms with Crippen LogP contribution < -0.4 is 5.32 Å². The molecule has 2 heterocycles. The molecule has 0 aliphatic rings. The average Bonchev–Trinajstić information content (AvgIpc) is 2.66. The summed E-state index contributed by atoms with van der Waals surface area (Å²) < 4.78 is 0.817. The van der Waals surface area contributed by atoms with Gasteiger partial charge in [0, 0.05) is 21.8 Å². The Labute approximate surface area is 174 Å². The lowest BCUT2D eigenvalue weighted by atomic mass is 10.0. The topological polar surface area (TPSA) is 50.7 Å². The number of anilines is 2. The van der Waals surface area contributed by atoms with Gasteiger partial charge >= 0.3 is 0 Å². The van der Waals surface area contributed by atoms with Gasteiger partial charge in [-0.2, -0.15) is 0 Å². The van der Waals surface area contributed by atoms with Gasteiger partial charge in [-0.15, -0.1) is 0 Å². The Morgan fingerprint density at radius 1 is 0.889 bits per heavy atom. The van der Waals surface area contributed by atoms with Crippen LogP contribution in [-0.2, 0) is 0 Å².